The first kappa shape index (κ1) is 36.5. The number of aliphatic imine (C=N–C) groups is 2. The van der Waals surface area contributed by atoms with Crippen LogP contribution in [0.4, 0.5) is 0 Å². The van der Waals surface area contributed by atoms with Gasteiger partial charge in [-0.2, -0.15) is 0 Å². The van der Waals surface area contributed by atoms with Gasteiger partial charge in [-0.05, 0) is 109 Å². The molecule has 1 N–H and O–H groups in total. The molecule has 60 heavy (non-hydrogen) atoms. The molecule has 0 saturated heterocycles. The van der Waals surface area contributed by atoms with Crippen LogP contribution in [0.5, 0.6) is 0 Å². The SMILES string of the molecule is c1ccc(C2=NC(c3ccccc3)NC(c3cc(-c4cc(-c5ccccc5)cc(-c5ccccc5)c4)cc(-c4c(-c5ccccc5)cccc4-c4ccccc4)c3)=N2)cc1. The first-order valence-electron chi connectivity index (χ1n) is 20.4. The highest BCUT2D eigenvalue weighted by Gasteiger charge is 2.23. The maximum absolute atomic E-state index is 5.31. The molecule has 1 aliphatic heterocycles. The minimum atomic E-state index is -0.330. The molecule has 1 aliphatic rings. The largest absolute Gasteiger partial charge is 0.344 e. The van der Waals surface area contributed by atoms with Crippen molar-refractivity contribution in [3.63, 3.8) is 0 Å². The van der Waals surface area contributed by atoms with Gasteiger partial charge in [-0.25, -0.2) is 9.98 Å². The number of hydrogen-bond donors (Lipinski definition) is 1. The molecule has 0 aliphatic carbocycles. The van der Waals surface area contributed by atoms with Crippen molar-refractivity contribution in [3.05, 3.63) is 253 Å². The van der Waals surface area contributed by atoms with Crippen molar-refractivity contribution in [3.8, 4) is 66.8 Å². The van der Waals surface area contributed by atoms with Crippen molar-refractivity contribution in [1.82, 2.24) is 5.32 Å². The van der Waals surface area contributed by atoms with Crippen LogP contribution in [-0.2, 0) is 0 Å². The molecule has 9 aromatic carbocycles. The van der Waals surface area contributed by atoms with Gasteiger partial charge in [0.25, 0.3) is 0 Å². The number of nitrogens with zero attached hydrogens (tertiary/aromatic N) is 2. The van der Waals surface area contributed by atoms with Gasteiger partial charge in [-0.15, -0.1) is 0 Å². The van der Waals surface area contributed by atoms with Gasteiger partial charge in [0.1, 0.15) is 12.0 Å². The Hall–Kier alpha value is -7.88. The number of benzene rings is 9. The van der Waals surface area contributed by atoms with Crippen LogP contribution < -0.4 is 5.32 Å². The topological polar surface area (TPSA) is 36.8 Å². The Balaban J connectivity index is 1.25. The van der Waals surface area contributed by atoms with Crippen LogP contribution in [-0.4, -0.2) is 11.7 Å². The predicted molar refractivity (Wildman–Crippen MR) is 251 cm³/mol. The highest BCUT2D eigenvalue weighted by atomic mass is 15.2. The Kier molecular flexibility index (Phi) is 10.0. The molecular formula is C57H41N3. The van der Waals surface area contributed by atoms with Crippen molar-refractivity contribution in [1.29, 1.82) is 0 Å². The van der Waals surface area contributed by atoms with E-state index in [-0.39, 0.29) is 6.17 Å². The van der Waals surface area contributed by atoms with Gasteiger partial charge in [-0.1, -0.05) is 200 Å². The molecule has 1 unspecified atom stereocenters. The van der Waals surface area contributed by atoms with Crippen LogP contribution in [0.15, 0.2) is 247 Å². The molecule has 0 aromatic heterocycles. The van der Waals surface area contributed by atoms with Gasteiger partial charge in [0.2, 0.25) is 0 Å². The second-order valence-electron chi connectivity index (χ2n) is 15.0. The third-order valence-corrected chi connectivity index (χ3v) is 11.1. The van der Waals surface area contributed by atoms with E-state index in [0.29, 0.717) is 5.84 Å². The quantitative estimate of drug-likeness (QED) is 0.156. The highest BCUT2D eigenvalue weighted by molar-refractivity contribution is 6.14. The van der Waals surface area contributed by atoms with E-state index < -0.39 is 0 Å². The number of amidine groups is 2. The molecule has 0 saturated carbocycles. The van der Waals surface area contributed by atoms with Crippen molar-refractivity contribution in [2.75, 3.05) is 0 Å². The fraction of sp³-hybridized carbons (Fsp3) is 0.0175. The molecule has 0 radical (unpaired) electrons. The van der Waals surface area contributed by atoms with E-state index in [0.717, 1.165) is 78.2 Å². The predicted octanol–water partition coefficient (Wildman–Crippen LogP) is 14.2. The van der Waals surface area contributed by atoms with Gasteiger partial charge < -0.3 is 5.32 Å². The van der Waals surface area contributed by atoms with E-state index in [1.807, 2.05) is 24.3 Å². The van der Waals surface area contributed by atoms with Crippen molar-refractivity contribution >= 4 is 11.7 Å². The van der Waals surface area contributed by atoms with E-state index >= 15 is 0 Å². The number of nitrogens with one attached hydrogen (secondary N) is 1. The second kappa shape index (κ2) is 16.5. The standard InChI is InChI=1S/C57H41N3/c1-7-20-40(21-8-1)46-34-47(41-22-9-2-10-23-41)36-48(35-46)49-37-50(54-52(42-24-11-3-12-25-42)32-19-33-53(54)43-26-13-4-14-27-43)39-51(38-49)57-59-55(44-28-15-5-16-29-44)58-56(60-57)45-30-17-6-18-31-45/h1-39,55H,(H,58,59,60). The lowest BCUT2D eigenvalue weighted by Crippen LogP contribution is -2.33. The number of hydrogen-bond acceptors (Lipinski definition) is 3. The lowest BCUT2D eigenvalue weighted by Gasteiger charge is -2.25. The lowest BCUT2D eigenvalue weighted by molar-refractivity contribution is 0.674. The summed E-state index contributed by atoms with van der Waals surface area (Å²) in [5.74, 6) is 1.46. The van der Waals surface area contributed by atoms with Crippen LogP contribution in [0.1, 0.15) is 22.9 Å². The van der Waals surface area contributed by atoms with Crippen LogP contribution in [0, 0.1) is 0 Å². The summed E-state index contributed by atoms with van der Waals surface area (Å²) in [7, 11) is 0. The van der Waals surface area contributed by atoms with Crippen molar-refractivity contribution in [2.24, 2.45) is 9.98 Å². The second-order valence-corrected chi connectivity index (χ2v) is 15.0. The summed E-state index contributed by atoms with van der Waals surface area (Å²) >= 11 is 0. The van der Waals surface area contributed by atoms with E-state index in [9.17, 15) is 0 Å². The maximum atomic E-state index is 5.31. The van der Waals surface area contributed by atoms with Gasteiger partial charge >= 0.3 is 0 Å². The normalized spacial score (nSPS) is 13.5. The maximum Gasteiger partial charge on any atom is 0.159 e. The zero-order valence-electron chi connectivity index (χ0n) is 33.0. The molecule has 3 nitrogen and oxygen atoms in total. The summed E-state index contributed by atoms with van der Waals surface area (Å²) < 4.78 is 0. The fourth-order valence-corrected chi connectivity index (χ4v) is 8.16. The zero-order chi connectivity index (χ0) is 40.1. The van der Waals surface area contributed by atoms with Crippen LogP contribution in [0.25, 0.3) is 66.8 Å². The van der Waals surface area contributed by atoms with Crippen molar-refractivity contribution < 1.29 is 0 Å². The minimum Gasteiger partial charge on any atom is -0.344 e. The molecule has 1 heterocycles. The minimum absolute atomic E-state index is 0.330. The van der Waals surface area contributed by atoms with Gasteiger partial charge in [-0.3, -0.25) is 0 Å². The Labute approximate surface area is 351 Å². The summed E-state index contributed by atoms with van der Waals surface area (Å²) in [4.78, 5) is 10.5. The third-order valence-electron chi connectivity index (χ3n) is 11.1. The van der Waals surface area contributed by atoms with E-state index in [2.05, 4.69) is 218 Å². The smallest absolute Gasteiger partial charge is 0.159 e. The molecule has 0 amide bonds. The molecular weight excluding hydrogens is 727 g/mol. The summed E-state index contributed by atoms with van der Waals surface area (Å²) in [6, 6.07) is 84.0. The van der Waals surface area contributed by atoms with Crippen LogP contribution in [0.2, 0.25) is 0 Å². The summed E-state index contributed by atoms with van der Waals surface area (Å²) in [5.41, 5.74) is 16.8. The molecule has 0 bridgehead atoms. The molecule has 1 atom stereocenters. The lowest BCUT2D eigenvalue weighted by atomic mass is 9.85. The van der Waals surface area contributed by atoms with E-state index in [1.165, 1.54) is 11.1 Å². The molecule has 0 fully saturated rings. The van der Waals surface area contributed by atoms with Crippen LogP contribution in [0.3, 0.4) is 0 Å². The van der Waals surface area contributed by atoms with Gasteiger partial charge in [0.05, 0.1) is 0 Å². The van der Waals surface area contributed by atoms with E-state index in [4.69, 9.17) is 9.98 Å². The van der Waals surface area contributed by atoms with E-state index in [1.54, 1.807) is 0 Å². The summed E-state index contributed by atoms with van der Waals surface area (Å²) in [5, 5.41) is 3.77. The summed E-state index contributed by atoms with van der Waals surface area (Å²) in [6.07, 6.45) is -0.330. The molecule has 3 heteroatoms. The average molecular weight is 768 g/mol. The molecule has 0 spiro atoms. The summed E-state index contributed by atoms with van der Waals surface area (Å²) in [6.45, 7) is 0. The molecule has 284 valence electrons. The molecule has 9 aromatic rings. The van der Waals surface area contributed by atoms with Crippen molar-refractivity contribution in [2.45, 2.75) is 6.17 Å². The van der Waals surface area contributed by atoms with Gasteiger partial charge in [0.15, 0.2) is 5.84 Å². The Morgan fingerprint density at radius 2 is 0.667 bits per heavy atom. The van der Waals surface area contributed by atoms with Gasteiger partial charge in [0, 0.05) is 11.1 Å². The molecule has 10 rings (SSSR count). The monoisotopic (exact) mass is 767 g/mol. The number of rotatable bonds is 9. The third kappa shape index (κ3) is 7.60. The Morgan fingerprint density at radius 3 is 1.15 bits per heavy atom. The zero-order valence-corrected chi connectivity index (χ0v) is 33.0. The Morgan fingerprint density at radius 1 is 0.300 bits per heavy atom. The van der Waals surface area contributed by atoms with Crippen LogP contribution >= 0.6 is 0 Å². The first-order valence-corrected chi connectivity index (χ1v) is 20.4. The first-order chi connectivity index (χ1) is 29.7. The Bertz CT molecular complexity index is 2840. The average Bonchev–Trinajstić information content (AvgIpc) is 3.35. The highest BCUT2D eigenvalue weighted by Crippen LogP contribution is 2.43. The fourth-order valence-electron chi connectivity index (χ4n) is 8.16.